The molecule has 0 radical (unpaired) electrons. The first kappa shape index (κ1) is 20.5. The van der Waals surface area contributed by atoms with Crippen LogP contribution < -0.4 is 20.7 Å². The molecule has 1 aromatic rings. The first-order chi connectivity index (χ1) is 12.2. The van der Waals surface area contributed by atoms with E-state index >= 15 is 0 Å². The molecule has 146 valence electrons. The van der Waals surface area contributed by atoms with E-state index in [9.17, 15) is 4.79 Å². The molecule has 2 aliphatic rings. The highest BCUT2D eigenvalue weighted by atomic mass is 16.6. The molecule has 1 amide bonds. The number of carbonyl (C=O) groups excluding carboxylic acids is 1. The molecule has 0 saturated carbocycles. The minimum atomic E-state index is -0.292. The normalized spacial score (nSPS) is 24.7. The van der Waals surface area contributed by atoms with Crippen molar-refractivity contribution in [2.75, 3.05) is 33.3 Å². The third-order valence-corrected chi connectivity index (χ3v) is 5.14. The number of ether oxygens (including phenoxy) is 2. The van der Waals surface area contributed by atoms with Gasteiger partial charge in [-0.2, -0.15) is 0 Å². The van der Waals surface area contributed by atoms with Crippen molar-refractivity contribution in [1.82, 2.24) is 16.0 Å². The number of nitrogens with one attached hydrogen (secondary N) is 3. The number of alkyl carbamates (subject to hydrolysis) is 1. The van der Waals surface area contributed by atoms with Gasteiger partial charge in [0.05, 0.1) is 7.11 Å². The summed E-state index contributed by atoms with van der Waals surface area (Å²) in [5.41, 5.74) is 1.21. The number of amides is 1. The van der Waals surface area contributed by atoms with Gasteiger partial charge in [-0.3, -0.25) is 0 Å². The van der Waals surface area contributed by atoms with Gasteiger partial charge in [0.1, 0.15) is 11.9 Å². The fourth-order valence-electron chi connectivity index (χ4n) is 3.62. The third kappa shape index (κ3) is 5.86. The fourth-order valence-corrected chi connectivity index (χ4v) is 3.62. The molecule has 0 aromatic heterocycles. The molecule has 26 heavy (non-hydrogen) atoms. The summed E-state index contributed by atoms with van der Waals surface area (Å²) >= 11 is 0. The van der Waals surface area contributed by atoms with E-state index in [0.717, 1.165) is 44.6 Å². The molecule has 7 nitrogen and oxygen atoms in total. The molecule has 3 atom stereocenters. The second-order valence-electron chi connectivity index (χ2n) is 6.92. The zero-order valence-electron chi connectivity index (χ0n) is 15.4. The van der Waals surface area contributed by atoms with Gasteiger partial charge in [-0.05, 0) is 68.9 Å². The lowest BCUT2D eigenvalue weighted by atomic mass is 10.0. The molecule has 2 heterocycles. The maximum atomic E-state index is 12.1. The van der Waals surface area contributed by atoms with E-state index in [4.69, 9.17) is 9.47 Å². The number of methoxy groups -OCH3 is 1. The van der Waals surface area contributed by atoms with Crippen molar-refractivity contribution < 1.29 is 19.7 Å². The molecule has 2 saturated heterocycles. The highest BCUT2D eigenvalue weighted by Gasteiger charge is 2.30. The van der Waals surface area contributed by atoms with Crippen LogP contribution in [0.15, 0.2) is 24.3 Å². The summed E-state index contributed by atoms with van der Waals surface area (Å²) in [6.45, 7) is 3.73. The third-order valence-electron chi connectivity index (χ3n) is 5.14. The molecular formula is C19H31N3O4. The number of carbonyl (C=O) groups is 1. The van der Waals surface area contributed by atoms with E-state index in [1.54, 1.807) is 7.11 Å². The van der Waals surface area contributed by atoms with Crippen molar-refractivity contribution in [3.05, 3.63) is 29.8 Å². The summed E-state index contributed by atoms with van der Waals surface area (Å²) in [5, 5.41) is 9.69. The zero-order chi connectivity index (χ0) is 17.5. The van der Waals surface area contributed by atoms with E-state index in [2.05, 4.69) is 28.1 Å². The molecular weight excluding hydrogens is 334 g/mol. The van der Waals surface area contributed by atoms with Crippen LogP contribution in [0.3, 0.4) is 0 Å². The molecule has 7 heteroatoms. The Bertz CT molecular complexity index is 546. The summed E-state index contributed by atoms with van der Waals surface area (Å²) in [7, 11) is 1.67. The molecule has 0 spiro atoms. The Labute approximate surface area is 155 Å². The van der Waals surface area contributed by atoms with Crippen LogP contribution in [0.1, 0.15) is 24.8 Å². The number of hydrogen-bond donors (Lipinski definition) is 3. The van der Waals surface area contributed by atoms with Gasteiger partial charge < -0.3 is 30.9 Å². The molecule has 0 bridgehead atoms. The summed E-state index contributed by atoms with van der Waals surface area (Å²) in [6, 6.07) is 8.21. The lowest BCUT2D eigenvalue weighted by Gasteiger charge is -2.20. The van der Waals surface area contributed by atoms with Crippen molar-refractivity contribution >= 4 is 6.09 Å². The first-order valence-corrected chi connectivity index (χ1v) is 9.26. The van der Waals surface area contributed by atoms with Gasteiger partial charge in [0, 0.05) is 12.6 Å². The largest absolute Gasteiger partial charge is 0.497 e. The van der Waals surface area contributed by atoms with Crippen molar-refractivity contribution in [3.8, 4) is 5.75 Å². The minimum Gasteiger partial charge on any atom is -0.497 e. The SMILES string of the molecule is COc1ccc(CC2NCCC2OC(=O)NCCC2CCNC2)cc1.O. The quantitative estimate of drug-likeness (QED) is 0.665. The maximum absolute atomic E-state index is 12.1. The average molecular weight is 365 g/mol. The Balaban J connectivity index is 0.00000243. The predicted octanol–water partition coefficient (Wildman–Crippen LogP) is 0.869. The molecule has 3 rings (SSSR count). The standard InChI is InChI=1S/C19H29N3O3.H2O/c1-24-16-4-2-14(3-5-16)12-17-18(8-11-21-17)25-19(23)22-10-7-15-6-9-20-13-15;/h2-5,15,17-18,20-21H,6-13H2,1H3,(H,22,23);1H2. The minimum absolute atomic E-state index is 0. The second-order valence-corrected chi connectivity index (χ2v) is 6.92. The molecule has 3 unspecified atom stereocenters. The maximum Gasteiger partial charge on any atom is 0.407 e. The van der Waals surface area contributed by atoms with Gasteiger partial charge in [-0.25, -0.2) is 4.79 Å². The van der Waals surface area contributed by atoms with Crippen LogP contribution in [0.5, 0.6) is 5.75 Å². The van der Waals surface area contributed by atoms with E-state index in [0.29, 0.717) is 12.5 Å². The Hall–Kier alpha value is -1.83. The second kappa shape index (κ2) is 10.4. The van der Waals surface area contributed by atoms with E-state index in [1.807, 2.05) is 12.1 Å². The zero-order valence-corrected chi connectivity index (χ0v) is 15.4. The van der Waals surface area contributed by atoms with Gasteiger partial charge in [0.2, 0.25) is 0 Å². The van der Waals surface area contributed by atoms with Crippen molar-refractivity contribution in [2.24, 2.45) is 5.92 Å². The van der Waals surface area contributed by atoms with Gasteiger partial charge in [0.15, 0.2) is 0 Å². The Kier molecular flexibility index (Phi) is 8.15. The topological polar surface area (TPSA) is 103 Å². The van der Waals surface area contributed by atoms with E-state index in [-0.39, 0.29) is 23.7 Å². The predicted molar refractivity (Wildman–Crippen MR) is 101 cm³/mol. The Morgan fingerprint density at radius 1 is 1.23 bits per heavy atom. The van der Waals surface area contributed by atoms with Crippen LogP contribution >= 0.6 is 0 Å². The molecule has 1 aromatic carbocycles. The van der Waals surface area contributed by atoms with E-state index in [1.165, 1.54) is 12.0 Å². The van der Waals surface area contributed by atoms with Crippen LogP contribution in [-0.2, 0) is 11.2 Å². The van der Waals surface area contributed by atoms with Crippen molar-refractivity contribution in [2.45, 2.75) is 37.8 Å². The Morgan fingerprint density at radius 2 is 2.04 bits per heavy atom. The number of hydrogen-bond acceptors (Lipinski definition) is 5. The number of rotatable bonds is 7. The smallest absolute Gasteiger partial charge is 0.407 e. The average Bonchev–Trinajstić information content (AvgIpc) is 3.28. The molecule has 0 aliphatic carbocycles. The Morgan fingerprint density at radius 3 is 2.73 bits per heavy atom. The molecule has 2 aliphatic heterocycles. The van der Waals surface area contributed by atoms with Crippen LogP contribution in [0.2, 0.25) is 0 Å². The van der Waals surface area contributed by atoms with Gasteiger partial charge >= 0.3 is 6.09 Å². The van der Waals surface area contributed by atoms with Gasteiger partial charge in [0.25, 0.3) is 0 Å². The molecule has 5 N–H and O–H groups in total. The highest BCUT2D eigenvalue weighted by Crippen LogP contribution is 2.19. The van der Waals surface area contributed by atoms with Crippen LogP contribution in [0.4, 0.5) is 4.79 Å². The molecule has 2 fully saturated rings. The number of benzene rings is 1. The summed E-state index contributed by atoms with van der Waals surface area (Å²) in [4.78, 5) is 12.1. The van der Waals surface area contributed by atoms with Crippen LogP contribution in [0.25, 0.3) is 0 Å². The van der Waals surface area contributed by atoms with Crippen molar-refractivity contribution in [3.63, 3.8) is 0 Å². The summed E-state index contributed by atoms with van der Waals surface area (Å²) in [5.74, 6) is 1.53. The highest BCUT2D eigenvalue weighted by molar-refractivity contribution is 5.67. The van der Waals surface area contributed by atoms with Crippen LogP contribution in [0, 0.1) is 5.92 Å². The lowest BCUT2D eigenvalue weighted by molar-refractivity contribution is 0.0897. The fraction of sp³-hybridized carbons (Fsp3) is 0.632. The van der Waals surface area contributed by atoms with Gasteiger partial charge in [-0.1, -0.05) is 12.1 Å². The van der Waals surface area contributed by atoms with E-state index < -0.39 is 0 Å². The summed E-state index contributed by atoms with van der Waals surface area (Å²) < 4.78 is 10.8. The summed E-state index contributed by atoms with van der Waals surface area (Å²) in [6.07, 6.45) is 3.55. The van der Waals surface area contributed by atoms with Gasteiger partial charge in [-0.15, -0.1) is 0 Å². The van der Waals surface area contributed by atoms with Crippen LogP contribution in [-0.4, -0.2) is 57.0 Å². The lowest BCUT2D eigenvalue weighted by Crippen LogP contribution is -2.38. The first-order valence-electron chi connectivity index (χ1n) is 9.26. The van der Waals surface area contributed by atoms with Crippen molar-refractivity contribution in [1.29, 1.82) is 0 Å². The monoisotopic (exact) mass is 365 g/mol.